The van der Waals surface area contributed by atoms with Crippen molar-refractivity contribution in [1.82, 2.24) is 0 Å². The summed E-state index contributed by atoms with van der Waals surface area (Å²) in [6.45, 7) is 9.28. The van der Waals surface area contributed by atoms with Gasteiger partial charge in [0.15, 0.2) is 0 Å². The first kappa shape index (κ1) is 8.02. The topological polar surface area (TPSA) is 17.1 Å². The largest absolute Gasteiger partial charge is 0.299 e. The van der Waals surface area contributed by atoms with Crippen LogP contribution in [0.1, 0.15) is 40.5 Å². The van der Waals surface area contributed by atoms with Gasteiger partial charge in [0.1, 0.15) is 5.78 Å². The third-order valence-corrected chi connectivity index (χ3v) is 5.57. The normalized spacial score (nSPS) is 57.4. The van der Waals surface area contributed by atoms with Crippen molar-refractivity contribution in [3.05, 3.63) is 0 Å². The van der Waals surface area contributed by atoms with E-state index in [9.17, 15) is 4.79 Å². The summed E-state index contributed by atoms with van der Waals surface area (Å²) >= 11 is 0. The minimum atomic E-state index is 0.327. The Morgan fingerprint density at radius 3 is 2.23 bits per heavy atom. The molecule has 3 rings (SSSR count). The summed E-state index contributed by atoms with van der Waals surface area (Å²) in [6, 6.07) is 0. The van der Waals surface area contributed by atoms with Crippen molar-refractivity contribution >= 4 is 5.78 Å². The molecule has 0 N–H and O–H groups in total. The SMILES string of the molecule is CC(C)(C)C12CC(=O)[C@H]3C[C@@H]1C32C. The number of rotatable bonds is 0. The highest BCUT2D eigenvalue weighted by Crippen LogP contribution is 2.92. The van der Waals surface area contributed by atoms with Gasteiger partial charge in [-0.2, -0.15) is 0 Å². The molecule has 72 valence electrons. The monoisotopic (exact) mass is 178 g/mol. The van der Waals surface area contributed by atoms with E-state index in [1.807, 2.05) is 0 Å². The van der Waals surface area contributed by atoms with E-state index in [1.54, 1.807) is 0 Å². The van der Waals surface area contributed by atoms with E-state index in [-0.39, 0.29) is 0 Å². The van der Waals surface area contributed by atoms with Gasteiger partial charge in [0.2, 0.25) is 0 Å². The Hall–Kier alpha value is -0.330. The summed E-state index contributed by atoms with van der Waals surface area (Å²) < 4.78 is 0. The molecule has 0 radical (unpaired) electrons. The molecule has 1 heteroatoms. The maximum atomic E-state index is 11.7. The zero-order valence-corrected chi connectivity index (χ0v) is 8.98. The second-order valence-electron chi connectivity index (χ2n) is 6.49. The smallest absolute Gasteiger partial charge is 0.137 e. The van der Waals surface area contributed by atoms with E-state index in [4.69, 9.17) is 0 Å². The van der Waals surface area contributed by atoms with Crippen LogP contribution in [0.4, 0.5) is 0 Å². The van der Waals surface area contributed by atoms with Crippen molar-refractivity contribution in [2.45, 2.75) is 40.5 Å². The van der Waals surface area contributed by atoms with Gasteiger partial charge in [-0.25, -0.2) is 0 Å². The highest BCUT2D eigenvalue weighted by molar-refractivity contribution is 5.91. The Bertz CT molecular complexity index is 312. The molecular weight excluding hydrogens is 160 g/mol. The summed E-state index contributed by atoms with van der Waals surface area (Å²) in [6.07, 6.45) is 2.08. The molecule has 3 fully saturated rings. The molecule has 0 heterocycles. The van der Waals surface area contributed by atoms with Crippen LogP contribution in [-0.4, -0.2) is 5.78 Å². The molecule has 0 aromatic carbocycles. The highest BCUT2D eigenvalue weighted by atomic mass is 16.1. The Morgan fingerprint density at radius 2 is 2.00 bits per heavy atom. The molecule has 0 aromatic rings. The number of fused-ring (bicyclic) bond motifs is 1. The quantitative estimate of drug-likeness (QED) is 0.557. The zero-order valence-electron chi connectivity index (χ0n) is 8.98. The Labute approximate surface area is 79.9 Å². The Kier molecular flexibility index (Phi) is 0.997. The van der Waals surface area contributed by atoms with Gasteiger partial charge < -0.3 is 0 Å². The average molecular weight is 178 g/mol. The van der Waals surface area contributed by atoms with Gasteiger partial charge in [-0.15, -0.1) is 0 Å². The second-order valence-corrected chi connectivity index (χ2v) is 6.49. The molecule has 0 spiro atoms. The van der Waals surface area contributed by atoms with Crippen molar-refractivity contribution in [3.63, 3.8) is 0 Å². The minimum Gasteiger partial charge on any atom is -0.299 e. The molecule has 13 heavy (non-hydrogen) atoms. The summed E-state index contributed by atoms with van der Waals surface area (Å²) in [5, 5.41) is 0. The third-order valence-electron chi connectivity index (χ3n) is 5.57. The minimum absolute atomic E-state index is 0.327. The van der Waals surface area contributed by atoms with Crippen molar-refractivity contribution < 1.29 is 4.79 Å². The van der Waals surface area contributed by atoms with Crippen LogP contribution in [0.5, 0.6) is 0 Å². The molecule has 0 amide bonds. The molecule has 2 unspecified atom stereocenters. The number of Topliss-reactive ketones (excluding diaryl/α,β-unsaturated/α-hetero) is 1. The van der Waals surface area contributed by atoms with Crippen LogP contribution in [0.2, 0.25) is 0 Å². The van der Waals surface area contributed by atoms with Gasteiger partial charge >= 0.3 is 0 Å². The van der Waals surface area contributed by atoms with Crippen LogP contribution >= 0.6 is 0 Å². The van der Waals surface area contributed by atoms with Crippen LogP contribution < -0.4 is 0 Å². The molecule has 0 aromatic heterocycles. The maximum absolute atomic E-state index is 11.7. The molecule has 4 atom stereocenters. The van der Waals surface area contributed by atoms with E-state index in [0.29, 0.717) is 27.9 Å². The number of ketones is 1. The lowest BCUT2D eigenvalue weighted by molar-refractivity contribution is -0.127. The fourth-order valence-electron chi connectivity index (χ4n) is 4.91. The lowest BCUT2D eigenvalue weighted by atomic mass is 9.72. The molecule has 0 aliphatic heterocycles. The van der Waals surface area contributed by atoms with Gasteiger partial charge in [0, 0.05) is 12.3 Å². The summed E-state index contributed by atoms with van der Waals surface area (Å²) in [4.78, 5) is 11.7. The van der Waals surface area contributed by atoms with Gasteiger partial charge in [-0.3, -0.25) is 4.79 Å². The third kappa shape index (κ3) is 0.501. The van der Waals surface area contributed by atoms with Crippen LogP contribution in [0.15, 0.2) is 0 Å². The number of hydrogen-bond acceptors (Lipinski definition) is 1. The van der Waals surface area contributed by atoms with E-state index < -0.39 is 0 Å². The summed E-state index contributed by atoms with van der Waals surface area (Å²) in [7, 11) is 0. The molecular formula is C12H18O. The standard InChI is InChI=1S/C12H18O/c1-10(2,3)12-6-8(13)7-5-9(12)11(7,12)4/h7,9H,5-6H2,1-4H3/t7-,9-,11?,12?/m1/s1. The van der Waals surface area contributed by atoms with Gasteiger partial charge in [0.25, 0.3) is 0 Å². The van der Waals surface area contributed by atoms with Crippen LogP contribution in [0, 0.1) is 28.1 Å². The molecule has 0 saturated heterocycles. The van der Waals surface area contributed by atoms with Gasteiger partial charge in [0.05, 0.1) is 0 Å². The Balaban J connectivity index is 2.09. The predicted molar refractivity (Wildman–Crippen MR) is 51.2 cm³/mol. The zero-order chi connectivity index (χ0) is 9.65. The van der Waals surface area contributed by atoms with Crippen molar-refractivity contribution in [1.29, 1.82) is 0 Å². The van der Waals surface area contributed by atoms with E-state index >= 15 is 0 Å². The molecule has 0 bridgehead atoms. The van der Waals surface area contributed by atoms with E-state index in [0.717, 1.165) is 12.3 Å². The predicted octanol–water partition coefficient (Wildman–Crippen LogP) is 2.65. The fraction of sp³-hybridized carbons (Fsp3) is 0.917. The molecule has 1 nitrogen and oxygen atoms in total. The van der Waals surface area contributed by atoms with E-state index in [1.165, 1.54) is 6.42 Å². The lowest BCUT2D eigenvalue weighted by Gasteiger charge is -2.32. The first-order chi connectivity index (χ1) is 5.86. The molecule has 3 aliphatic carbocycles. The second kappa shape index (κ2) is 1.62. The van der Waals surface area contributed by atoms with Crippen molar-refractivity contribution in [3.8, 4) is 0 Å². The summed E-state index contributed by atoms with van der Waals surface area (Å²) in [5.41, 5.74) is 1.14. The van der Waals surface area contributed by atoms with Crippen LogP contribution in [0.25, 0.3) is 0 Å². The van der Waals surface area contributed by atoms with Gasteiger partial charge in [-0.05, 0) is 28.6 Å². The first-order valence-corrected chi connectivity index (χ1v) is 5.38. The molecule has 3 saturated carbocycles. The van der Waals surface area contributed by atoms with Crippen LogP contribution in [-0.2, 0) is 4.79 Å². The summed E-state index contributed by atoms with van der Waals surface area (Å²) in [5.74, 6) is 1.87. The van der Waals surface area contributed by atoms with Crippen molar-refractivity contribution in [2.24, 2.45) is 28.1 Å². The van der Waals surface area contributed by atoms with E-state index in [2.05, 4.69) is 27.7 Å². The highest BCUT2D eigenvalue weighted by Gasteiger charge is 2.90. The fourth-order valence-corrected chi connectivity index (χ4v) is 4.91. The van der Waals surface area contributed by atoms with Gasteiger partial charge in [-0.1, -0.05) is 27.7 Å². The van der Waals surface area contributed by atoms with Crippen molar-refractivity contribution in [2.75, 3.05) is 0 Å². The van der Waals surface area contributed by atoms with Crippen LogP contribution in [0.3, 0.4) is 0 Å². The number of carbonyl (C=O) groups excluding carboxylic acids is 1. The number of carbonyl (C=O) groups is 1. The Morgan fingerprint density at radius 1 is 1.38 bits per heavy atom. The maximum Gasteiger partial charge on any atom is 0.137 e. The first-order valence-electron chi connectivity index (χ1n) is 5.38. The molecule has 3 aliphatic rings. The average Bonchev–Trinajstić information content (AvgIpc) is 2.26. The lowest BCUT2D eigenvalue weighted by Crippen LogP contribution is -2.31. The number of hydrogen-bond donors (Lipinski definition) is 0.